The Hall–Kier alpha value is -2.15. The van der Waals surface area contributed by atoms with E-state index in [-0.39, 0.29) is 0 Å². The summed E-state index contributed by atoms with van der Waals surface area (Å²) in [5.41, 5.74) is 4.23. The minimum absolute atomic E-state index is 1.08. The van der Waals surface area contributed by atoms with E-state index in [0.717, 1.165) is 13.0 Å². The first-order valence-corrected chi connectivity index (χ1v) is 6.43. The number of hydrogen-bond acceptors (Lipinski definition) is 0. The van der Waals surface area contributed by atoms with Crippen molar-refractivity contribution in [1.29, 1.82) is 0 Å². The van der Waals surface area contributed by atoms with Gasteiger partial charge in [0.05, 0.1) is 10.9 Å². The van der Waals surface area contributed by atoms with E-state index in [0.29, 0.717) is 0 Å². The second kappa shape index (κ2) is 3.67. The van der Waals surface area contributed by atoms with Crippen molar-refractivity contribution in [3.05, 3.63) is 66.4 Å². The van der Waals surface area contributed by atoms with Crippen molar-refractivity contribution in [1.82, 2.24) is 0 Å². The first-order chi connectivity index (χ1) is 8.93. The maximum atomic E-state index is 2.38. The molecule has 0 fully saturated rings. The predicted octanol–water partition coefficient (Wildman–Crippen LogP) is 3.35. The van der Waals surface area contributed by atoms with Gasteiger partial charge in [0, 0.05) is 12.5 Å². The molecule has 0 spiro atoms. The Labute approximate surface area is 106 Å². The van der Waals surface area contributed by atoms with E-state index in [1.165, 1.54) is 27.6 Å². The fraction of sp³-hybridized carbons (Fsp3) is 0.118. The first kappa shape index (κ1) is 9.84. The largest absolute Gasteiger partial charge is 0.220 e. The van der Waals surface area contributed by atoms with E-state index < -0.39 is 0 Å². The van der Waals surface area contributed by atoms with Crippen LogP contribution in [0.2, 0.25) is 0 Å². The molecule has 4 rings (SSSR count). The monoisotopic (exact) mass is 232 g/mol. The number of aromatic nitrogens is 1. The summed E-state index contributed by atoms with van der Waals surface area (Å²) in [6, 6.07) is 19.6. The van der Waals surface area contributed by atoms with Gasteiger partial charge in [-0.25, -0.2) is 0 Å². The van der Waals surface area contributed by atoms with Crippen molar-refractivity contribution >= 4 is 10.8 Å². The van der Waals surface area contributed by atoms with Crippen LogP contribution in [0, 0.1) is 0 Å². The lowest BCUT2D eigenvalue weighted by atomic mass is 9.94. The van der Waals surface area contributed by atoms with Crippen molar-refractivity contribution in [2.24, 2.45) is 0 Å². The molecular weight excluding hydrogens is 218 g/mol. The molecule has 0 saturated heterocycles. The van der Waals surface area contributed by atoms with Crippen LogP contribution >= 0.6 is 0 Å². The van der Waals surface area contributed by atoms with Crippen LogP contribution in [0.5, 0.6) is 0 Å². The van der Waals surface area contributed by atoms with Crippen molar-refractivity contribution < 1.29 is 4.57 Å². The van der Waals surface area contributed by atoms with E-state index in [4.69, 9.17) is 0 Å². The van der Waals surface area contributed by atoms with Crippen LogP contribution < -0.4 is 4.57 Å². The number of pyridine rings is 1. The molecule has 1 heteroatoms. The zero-order valence-corrected chi connectivity index (χ0v) is 10.1. The summed E-state index contributed by atoms with van der Waals surface area (Å²) >= 11 is 0. The third-order valence-electron chi connectivity index (χ3n) is 3.83. The third-order valence-corrected chi connectivity index (χ3v) is 3.83. The summed E-state index contributed by atoms with van der Waals surface area (Å²) in [6.07, 6.45) is 3.35. The Kier molecular flexibility index (Phi) is 2.01. The SMILES string of the molecule is c1ccc2c(c1)CC[n+]1ccc3ccccc3c1-2. The highest BCUT2D eigenvalue weighted by Crippen LogP contribution is 2.30. The first-order valence-electron chi connectivity index (χ1n) is 6.43. The number of aryl methyl sites for hydroxylation is 2. The molecular formula is C17H14N+. The van der Waals surface area contributed by atoms with Gasteiger partial charge in [-0.3, -0.25) is 0 Å². The molecule has 0 aliphatic carbocycles. The van der Waals surface area contributed by atoms with Crippen LogP contribution in [0.4, 0.5) is 0 Å². The van der Waals surface area contributed by atoms with Gasteiger partial charge in [-0.05, 0) is 23.1 Å². The second-order valence-electron chi connectivity index (χ2n) is 4.85. The summed E-state index contributed by atoms with van der Waals surface area (Å²) in [4.78, 5) is 0. The molecule has 1 aromatic heterocycles. The highest BCUT2D eigenvalue weighted by molar-refractivity contribution is 5.93. The molecule has 0 N–H and O–H groups in total. The molecule has 0 atom stereocenters. The number of hydrogen-bond donors (Lipinski definition) is 0. The molecule has 1 aliphatic heterocycles. The van der Waals surface area contributed by atoms with E-state index in [1.54, 1.807) is 0 Å². The average Bonchev–Trinajstić information content (AvgIpc) is 2.46. The van der Waals surface area contributed by atoms with Crippen LogP contribution in [-0.2, 0) is 13.0 Å². The lowest BCUT2D eigenvalue weighted by Crippen LogP contribution is -2.40. The van der Waals surface area contributed by atoms with Crippen LogP contribution in [0.3, 0.4) is 0 Å². The molecule has 2 heterocycles. The van der Waals surface area contributed by atoms with Gasteiger partial charge in [-0.15, -0.1) is 0 Å². The molecule has 18 heavy (non-hydrogen) atoms. The van der Waals surface area contributed by atoms with E-state index in [1.807, 2.05) is 0 Å². The molecule has 86 valence electrons. The maximum Gasteiger partial charge on any atom is 0.220 e. The highest BCUT2D eigenvalue weighted by Gasteiger charge is 2.24. The number of fused-ring (bicyclic) bond motifs is 5. The molecule has 0 unspecified atom stereocenters. The fourth-order valence-electron chi connectivity index (χ4n) is 2.95. The van der Waals surface area contributed by atoms with Gasteiger partial charge in [0.1, 0.15) is 0 Å². The minimum Gasteiger partial charge on any atom is -0.197 e. The molecule has 0 radical (unpaired) electrons. The van der Waals surface area contributed by atoms with Gasteiger partial charge in [0.25, 0.3) is 0 Å². The van der Waals surface area contributed by atoms with E-state index in [9.17, 15) is 0 Å². The van der Waals surface area contributed by atoms with Crippen LogP contribution in [-0.4, -0.2) is 0 Å². The van der Waals surface area contributed by atoms with E-state index >= 15 is 0 Å². The lowest BCUT2D eigenvalue weighted by Gasteiger charge is -2.15. The standard InChI is InChI=1S/C17H14N/c1-3-7-15-13(5-1)9-11-18-12-10-14-6-2-4-8-16(14)17(15)18/h1-9,11H,10,12H2/q+1. The molecule has 1 nitrogen and oxygen atoms in total. The summed E-state index contributed by atoms with van der Waals surface area (Å²) in [7, 11) is 0. The number of nitrogens with zero attached hydrogens (tertiary/aromatic N) is 1. The molecule has 2 aromatic carbocycles. The Morgan fingerprint density at radius 2 is 1.67 bits per heavy atom. The van der Waals surface area contributed by atoms with Gasteiger partial charge in [-0.2, -0.15) is 4.57 Å². The Morgan fingerprint density at radius 1 is 0.833 bits per heavy atom. The molecule has 0 amide bonds. The normalized spacial score (nSPS) is 13.1. The van der Waals surface area contributed by atoms with Gasteiger partial charge >= 0.3 is 0 Å². The fourth-order valence-corrected chi connectivity index (χ4v) is 2.95. The number of benzene rings is 2. The minimum atomic E-state index is 1.08. The van der Waals surface area contributed by atoms with Crippen molar-refractivity contribution in [2.75, 3.05) is 0 Å². The smallest absolute Gasteiger partial charge is 0.197 e. The summed E-state index contributed by atoms with van der Waals surface area (Å²) in [5, 5.41) is 2.67. The topological polar surface area (TPSA) is 3.88 Å². The van der Waals surface area contributed by atoms with Crippen molar-refractivity contribution in [2.45, 2.75) is 13.0 Å². The van der Waals surface area contributed by atoms with Crippen LogP contribution in [0.15, 0.2) is 60.8 Å². The molecule has 3 aromatic rings. The zero-order valence-electron chi connectivity index (χ0n) is 10.1. The Morgan fingerprint density at radius 3 is 2.67 bits per heavy atom. The molecule has 0 saturated carbocycles. The Bertz CT molecular complexity index is 743. The molecule has 1 aliphatic rings. The highest BCUT2D eigenvalue weighted by atomic mass is 15.0. The van der Waals surface area contributed by atoms with E-state index in [2.05, 4.69) is 65.4 Å². The third kappa shape index (κ3) is 1.31. The maximum absolute atomic E-state index is 2.38. The zero-order chi connectivity index (χ0) is 11.9. The van der Waals surface area contributed by atoms with Gasteiger partial charge in [-0.1, -0.05) is 36.4 Å². The van der Waals surface area contributed by atoms with Crippen molar-refractivity contribution in [3.63, 3.8) is 0 Å². The van der Waals surface area contributed by atoms with Crippen molar-refractivity contribution in [3.8, 4) is 11.3 Å². The van der Waals surface area contributed by atoms with Gasteiger partial charge < -0.3 is 0 Å². The lowest BCUT2D eigenvalue weighted by molar-refractivity contribution is -0.686. The quantitative estimate of drug-likeness (QED) is 0.523. The van der Waals surface area contributed by atoms with Gasteiger partial charge in [0.15, 0.2) is 12.7 Å². The number of rotatable bonds is 0. The summed E-state index contributed by atoms with van der Waals surface area (Å²) in [6.45, 7) is 1.08. The van der Waals surface area contributed by atoms with Crippen LogP contribution in [0.1, 0.15) is 5.56 Å². The van der Waals surface area contributed by atoms with Gasteiger partial charge in [0.2, 0.25) is 5.69 Å². The predicted molar refractivity (Wildman–Crippen MR) is 73.3 cm³/mol. The average molecular weight is 232 g/mol. The summed E-state index contributed by atoms with van der Waals surface area (Å²) < 4.78 is 2.38. The summed E-state index contributed by atoms with van der Waals surface area (Å²) in [5.74, 6) is 0. The second-order valence-corrected chi connectivity index (χ2v) is 4.85. The molecule has 0 bridgehead atoms. The Balaban J connectivity index is 2.15. The van der Waals surface area contributed by atoms with Crippen LogP contribution in [0.25, 0.3) is 22.0 Å².